The van der Waals surface area contributed by atoms with Gasteiger partial charge >= 0.3 is 18.1 Å². The van der Waals surface area contributed by atoms with Gasteiger partial charge in [0, 0.05) is 10.8 Å². The fourth-order valence-electron chi connectivity index (χ4n) is 2.38. The van der Waals surface area contributed by atoms with Crippen LogP contribution in [0.5, 0.6) is 0 Å². The molecule has 0 aromatic rings. The first-order valence-corrected chi connectivity index (χ1v) is 7.14. The Morgan fingerprint density at radius 2 is 1.04 bits per heavy atom. The molecule has 0 amide bonds. The number of alkyl halides is 8. The van der Waals surface area contributed by atoms with Crippen molar-refractivity contribution in [1.82, 2.24) is 0 Å². The molecular weight excluding hydrogens is 352 g/mol. The highest BCUT2D eigenvalue weighted by Crippen LogP contribution is 2.67. The summed E-state index contributed by atoms with van der Waals surface area (Å²) < 4.78 is 118. The summed E-state index contributed by atoms with van der Waals surface area (Å²) in [6.07, 6.45) is -12.8. The second kappa shape index (κ2) is 5.18. The monoisotopic (exact) mass is 372 g/mol. The summed E-state index contributed by atoms with van der Waals surface area (Å²) in [5.74, 6) is -13.4. The summed E-state index contributed by atoms with van der Waals surface area (Å²) in [7, 11) is 0. The highest BCUT2D eigenvalue weighted by atomic mass is 19.4. The van der Waals surface area contributed by atoms with E-state index in [1.54, 1.807) is 0 Å². The highest BCUT2D eigenvalue weighted by molar-refractivity contribution is 5.11. The Hall–Kier alpha value is -0.640. The summed E-state index contributed by atoms with van der Waals surface area (Å²) in [5, 5.41) is 0. The summed E-state index contributed by atoms with van der Waals surface area (Å²) in [4.78, 5) is 0. The van der Waals surface area contributed by atoms with Crippen LogP contribution in [0.2, 0.25) is 0 Å². The smallest absolute Gasteiger partial charge is 0.292 e. The fraction of sp³-hybridized carbons (Fsp3) is 1.00. The van der Waals surface area contributed by atoms with Crippen molar-refractivity contribution >= 4 is 0 Å². The first-order chi connectivity index (χ1) is 10.2. The summed E-state index contributed by atoms with van der Waals surface area (Å²) in [6, 6.07) is 0. The molecule has 144 valence electrons. The van der Waals surface area contributed by atoms with Gasteiger partial charge in [-0.3, -0.25) is 9.47 Å². The van der Waals surface area contributed by atoms with Gasteiger partial charge in [0.1, 0.15) is 0 Å². The quantitative estimate of drug-likeness (QED) is 0.582. The zero-order chi connectivity index (χ0) is 19.6. The lowest BCUT2D eigenvalue weighted by Gasteiger charge is -2.46. The molecule has 0 radical (unpaired) electrons. The lowest BCUT2D eigenvalue weighted by atomic mass is 9.70. The number of halogens is 8. The Morgan fingerprint density at radius 1 is 0.708 bits per heavy atom. The minimum atomic E-state index is -6.24. The molecule has 10 heteroatoms. The predicted octanol–water partition coefficient (Wildman–Crippen LogP) is 5.67. The zero-order valence-corrected chi connectivity index (χ0v) is 14.0. The molecule has 2 unspecified atom stereocenters. The topological polar surface area (TPSA) is 18.5 Å². The van der Waals surface area contributed by atoms with Crippen LogP contribution < -0.4 is 0 Å². The van der Waals surface area contributed by atoms with Crippen molar-refractivity contribution in [2.75, 3.05) is 0 Å². The Morgan fingerprint density at radius 3 is 1.29 bits per heavy atom. The molecular formula is C14H20F8O2. The Balaban J connectivity index is 3.80. The van der Waals surface area contributed by atoms with Gasteiger partial charge in [-0.15, -0.1) is 0 Å². The number of rotatable bonds is 2. The van der Waals surface area contributed by atoms with E-state index in [2.05, 4.69) is 9.47 Å². The van der Waals surface area contributed by atoms with Crippen molar-refractivity contribution < 1.29 is 44.6 Å². The maximum Gasteiger partial charge on any atom is 0.453 e. The first kappa shape index (κ1) is 21.4. The third-order valence-electron chi connectivity index (χ3n) is 4.45. The zero-order valence-electron chi connectivity index (χ0n) is 14.0. The molecule has 0 aromatic heterocycles. The average molecular weight is 372 g/mol. The highest BCUT2D eigenvalue weighted by Gasteiger charge is 2.89. The van der Waals surface area contributed by atoms with Crippen LogP contribution in [0, 0.1) is 10.8 Å². The van der Waals surface area contributed by atoms with Crippen LogP contribution in [0.4, 0.5) is 35.1 Å². The molecule has 2 atom stereocenters. The molecule has 24 heavy (non-hydrogen) atoms. The maximum absolute atomic E-state index is 15.5. The third-order valence-corrected chi connectivity index (χ3v) is 4.45. The molecule has 1 fully saturated rings. The van der Waals surface area contributed by atoms with Crippen LogP contribution in [-0.2, 0) is 9.47 Å². The first-order valence-electron chi connectivity index (χ1n) is 7.14. The van der Waals surface area contributed by atoms with E-state index >= 15 is 8.78 Å². The molecule has 0 N–H and O–H groups in total. The normalized spacial score (nSPS) is 32.2. The molecule has 0 spiro atoms. The Labute approximate surface area is 134 Å². The summed E-state index contributed by atoms with van der Waals surface area (Å²) in [5.41, 5.74) is -4.14. The average Bonchev–Trinajstić information content (AvgIpc) is 2.60. The van der Waals surface area contributed by atoms with Gasteiger partial charge in [0.25, 0.3) is 11.7 Å². The molecule has 0 bridgehead atoms. The van der Waals surface area contributed by atoms with Crippen molar-refractivity contribution in [3.63, 3.8) is 0 Å². The van der Waals surface area contributed by atoms with E-state index in [1.165, 1.54) is 6.92 Å². The number of ether oxygens (including phenoxy) is 2. The van der Waals surface area contributed by atoms with Gasteiger partial charge in [0.2, 0.25) is 0 Å². The molecule has 1 rings (SSSR count). The molecule has 0 aliphatic carbocycles. The number of hydrogen-bond acceptors (Lipinski definition) is 2. The van der Waals surface area contributed by atoms with Crippen LogP contribution >= 0.6 is 0 Å². The van der Waals surface area contributed by atoms with Gasteiger partial charge in [-0.25, -0.2) is 8.78 Å². The van der Waals surface area contributed by atoms with E-state index in [0.29, 0.717) is 0 Å². The molecule has 0 saturated carbocycles. The standard InChI is InChI=1S/C14H20F8O2/c1-7-9(5,6)11(16)10(15,8(2,3)4)23-12(24-11,13(17,18)19)14(20,21)22/h7H2,1-6H3. The molecule has 1 aliphatic rings. The van der Waals surface area contributed by atoms with E-state index in [9.17, 15) is 26.3 Å². The van der Waals surface area contributed by atoms with Crippen molar-refractivity contribution in [3.05, 3.63) is 0 Å². The largest absolute Gasteiger partial charge is 0.453 e. The second-order valence-electron chi connectivity index (χ2n) is 7.49. The molecule has 1 heterocycles. The van der Waals surface area contributed by atoms with Crippen LogP contribution in [0.25, 0.3) is 0 Å². The van der Waals surface area contributed by atoms with Crippen molar-refractivity contribution in [1.29, 1.82) is 0 Å². The van der Waals surface area contributed by atoms with Crippen molar-refractivity contribution in [2.45, 2.75) is 77.8 Å². The van der Waals surface area contributed by atoms with Crippen LogP contribution in [0.1, 0.15) is 48.0 Å². The van der Waals surface area contributed by atoms with Crippen molar-refractivity contribution in [3.8, 4) is 0 Å². The Kier molecular flexibility index (Phi) is 4.62. The Bertz CT molecular complexity index is 476. The minimum Gasteiger partial charge on any atom is -0.292 e. The maximum atomic E-state index is 15.5. The predicted molar refractivity (Wildman–Crippen MR) is 68.2 cm³/mol. The minimum absolute atomic E-state index is 0.305. The molecule has 2 nitrogen and oxygen atoms in total. The van der Waals surface area contributed by atoms with Gasteiger partial charge in [-0.05, 0) is 6.42 Å². The number of hydrogen-bond donors (Lipinski definition) is 0. The molecule has 1 saturated heterocycles. The van der Waals surface area contributed by atoms with E-state index in [0.717, 1.165) is 34.6 Å². The van der Waals surface area contributed by atoms with E-state index in [4.69, 9.17) is 0 Å². The van der Waals surface area contributed by atoms with E-state index < -0.39 is 40.7 Å². The second-order valence-corrected chi connectivity index (χ2v) is 7.49. The van der Waals surface area contributed by atoms with Crippen LogP contribution in [0.3, 0.4) is 0 Å². The fourth-order valence-corrected chi connectivity index (χ4v) is 2.38. The van der Waals surface area contributed by atoms with Gasteiger partial charge in [0.15, 0.2) is 0 Å². The summed E-state index contributed by atoms with van der Waals surface area (Å²) in [6.45, 7) is 6.02. The van der Waals surface area contributed by atoms with E-state index in [1.807, 2.05) is 0 Å². The lowest BCUT2D eigenvalue weighted by Crippen LogP contribution is -2.60. The third kappa shape index (κ3) is 2.51. The van der Waals surface area contributed by atoms with Gasteiger partial charge in [-0.1, -0.05) is 41.5 Å². The summed E-state index contributed by atoms with van der Waals surface area (Å²) >= 11 is 0. The van der Waals surface area contributed by atoms with Gasteiger partial charge in [0.05, 0.1) is 0 Å². The van der Waals surface area contributed by atoms with Crippen LogP contribution in [0.15, 0.2) is 0 Å². The van der Waals surface area contributed by atoms with Gasteiger partial charge < -0.3 is 0 Å². The van der Waals surface area contributed by atoms with Crippen LogP contribution in [-0.4, -0.2) is 29.8 Å². The molecule has 0 aromatic carbocycles. The lowest BCUT2D eigenvalue weighted by molar-refractivity contribution is -0.463. The SMILES string of the molecule is CCC(C)(C)C1(F)OC(C(F)(F)F)(C(F)(F)F)OC1(F)C(C)(C)C. The van der Waals surface area contributed by atoms with E-state index in [-0.39, 0.29) is 6.42 Å². The van der Waals surface area contributed by atoms with Crippen molar-refractivity contribution in [2.24, 2.45) is 10.8 Å². The van der Waals surface area contributed by atoms with Gasteiger partial charge in [-0.2, -0.15) is 26.3 Å². The molecule has 1 aliphatic heterocycles.